The molecule has 0 aromatic heterocycles. The lowest BCUT2D eigenvalue weighted by atomic mass is 9.57. The summed E-state index contributed by atoms with van der Waals surface area (Å²) in [4.78, 5) is 27.7. The number of ketones is 1. The fourth-order valence-electron chi connectivity index (χ4n) is 7.00. The molecule has 14 heteroatoms. The third-order valence-electron chi connectivity index (χ3n) is 8.72. The molecule has 2 aromatic rings. The van der Waals surface area contributed by atoms with Gasteiger partial charge in [0.2, 0.25) is 5.79 Å². The maximum Gasteiger partial charge on any atom is 0.417 e. The van der Waals surface area contributed by atoms with Gasteiger partial charge in [-0.05, 0) is 73.7 Å². The van der Waals surface area contributed by atoms with Crippen LogP contribution >= 0.6 is 11.6 Å². The van der Waals surface area contributed by atoms with Crippen LogP contribution in [0.4, 0.5) is 13.2 Å². The van der Waals surface area contributed by atoms with E-state index in [1.807, 2.05) is 0 Å². The summed E-state index contributed by atoms with van der Waals surface area (Å²) in [5, 5.41) is 55.2. The van der Waals surface area contributed by atoms with E-state index in [4.69, 9.17) is 23.1 Å². The van der Waals surface area contributed by atoms with E-state index in [0.29, 0.717) is 0 Å². The van der Waals surface area contributed by atoms with Crippen LogP contribution in [-0.4, -0.2) is 68.0 Å². The summed E-state index contributed by atoms with van der Waals surface area (Å²) in [7, 11) is 3.09. The molecule has 5 rings (SSSR count). The first-order chi connectivity index (χ1) is 19.9. The van der Waals surface area contributed by atoms with E-state index >= 15 is 0 Å². The Morgan fingerprint density at radius 2 is 1.81 bits per heavy atom. The molecular formula is C29H29ClF3N3O7. The van der Waals surface area contributed by atoms with Crippen molar-refractivity contribution in [3.63, 3.8) is 0 Å². The third-order valence-corrected chi connectivity index (χ3v) is 9.05. The van der Waals surface area contributed by atoms with Gasteiger partial charge in [0.25, 0.3) is 5.91 Å². The molecule has 4 atom stereocenters. The first-order valence-corrected chi connectivity index (χ1v) is 13.6. The highest BCUT2D eigenvalue weighted by molar-refractivity contribution is 6.31. The number of Topliss-reactive ketones (excluding diaryl/α,β-unsaturated/α-hetero) is 1. The van der Waals surface area contributed by atoms with Crippen LogP contribution in [0, 0.1) is 17.8 Å². The fraction of sp³-hybridized carbons (Fsp3) is 0.379. The molecule has 3 aliphatic carbocycles. The van der Waals surface area contributed by atoms with Crippen LogP contribution in [0.1, 0.15) is 28.7 Å². The molecule has 43 heavy (non-hydrogen) atoms. The van der Waals surface area contributed by atoms with E-state index in [1.54, 1.807) is 14.1 Å². The molecule has 10 nitrogen and oxygen atoms in total. The Bertz CT molecular complexity index is 1630. The van der Waals surface area contributed by atoms with Crippen molar-refractivity contribution in [2.45, 2.75) is 37.4 Å². The van der Waals surface area contributed by atoms with Crippen LogP contribution in [0.3, 0.4) is 0 Å². The summed E-state index contributed by atoms with van der Waals surface area (Å²) in [6.45, 7) is -0.274. The van der Waals surface area contributed by atoms with E-state index in [2.05, 4.69) is 0 Å². The molecular weight excluding hydrogens is 595 g/mol. The molecule has 0 radical (unpaired) electrons. The lowest BCUT2D eigenvalue weighted by molar-refractivity contribution is -0.203. The molecule has 9 N–H and O–H groups in total. The number of primary amides is 1. The Kier molecular flexibility index (Phi) is 7.34. The van der Waals surface area contributed by atoms with Crippen molar-refractivity contribution < 1.29 is 48.3 Å². The number of aromatic hydroxyl groups is 1. The van der Waals surface area contributed by atoms with Gasteiger partial charge in [0, 0.05) is 17.7 Å². The number of phenolic OH excluding ortho intramolecular Hbond substituents is 1. The number of allylic oxidation sites excluding steroid dienone is 1. The zero-order chi connectivity index (χ0) is 31.9. The molecule has 1 fully saturated rings. The number of carbonyl (C=O) groups is 2. The summed E-state index contributed by atoms with van der Waals surface area (Å²) in [6.07, 6.45) is -4.85. The van der Waals surface area contributed by atoms with Crippen LogP contribution in [0.15, 0.2) is 41.2 Å². The topological polar surface area (TPSA) is 191 Å². The van der Waals surface area contributed by atoms with Crippen molar-refractivity contribution in [2.75, 3.05) is 14.1 Å². The Morgan fingerprint density at radius 3 is 2.37 bits per heavy atom. The fourth-order valence-corrected chi connectivity index (χ4v) is 7.23. The number of amides is 1. The SMILES string of the molecule is CN(C)[C@@H]1C(O)=C(C(N)=O)C(O)(O)C2C(=O)C3=C(O)c4c(O)c(CN)cc(-c5ccc(Cl)c(C(F)(F)F)c5)c4CC3CC21. The van der Waals surface area contributed by atoms with Crippen molar-refractivity contribution in [3.05, 3.63) is 68.4 Å². The molecule has 0 bridgehead atoms. The predicted molar refractivity (Wildman–Crippen MR) is 148 cm³/mol. The van der Waals surface area contributed by atoms with Crippen molar-refractivity contribution in [1.29, 1.82) is 0 Å². The maximum atomic E-state index is 14.0. The van der Waals surface area contributed by atoms with Crippen LogP contribution in [0.5, 0.6) is 5.75 Å². The number of carbonyl (C=O) groups excluding carboxylic acids is 2. The zero-order valence-electron chi connectivity index (χ0n) is 22.9. The van der Waals surface area contributed by atoms with Gasteiger partial charge in [-0.3, -0.25) is 14.5 Å². The summed E-state index contributed by atoms with van der Waals surface area (Å²) in [5.41, 5.74) is 9.22. The number of nitrogens with zero attached hydrogens (tertiary/aromatic N) is 1. The first kappa shape index (κ1) is 30.8. The van der Waals surface area contributed by atoms with Crippen LogP contribution < -0.4 is 11.5 Å². The number of aliphatic hydroxyl groups is 4. The first-order valence-electron chi connectivity index (χ1n) is 13.2. The lowest BCUT2D eigenvalue weighted by Gasteiger charge is -2.51. The number of phenols is 1. The maximum absolute atomic E-state index is 14.0. The number of hydrogen-bond donors (Lipinski definition) is 7. The molecule has 230 valence electrons. The molecule has 1 amide bonds. The normalized spacial score (nSPS) is 25.0. The second-order valence-electron chi connectivity index (χ2n) is 11.3. The average molecular weight is 624 g/mol. The van der Waals surface area contributed by atoms with Crippen molar-refractivity contribution >= 4 is 29.1 Å². The van der Waals surface area contributed by atoms with E-state index in [9.17, 15) is 48.3 Å². The molecule has 0 aliphatic heterocycles. The quantitative estimate of drug-likeness (QED) is 0.251. The predicted octanol–water partition coefficient (Wildman–Crippen LogP) is 2.76. The van der Waals surface area contributed by atoms with Crippen molar-refractivity contribution in [2.24, 2.45) is 29.2 Å². The molecule has 1 saturated carbocycles. The number of rotatable bonds is 4. The summed E-state index contributed by atoms with van der Waals surface area (Å²) in [6, 6.07) is 3.64. The molecule has 2 aromatic carbocycles. The Labute approximate surface area is 248 Å². The van der Waals surface area contributed by atoms with E-state index < -0.39 is 80.9 Å². The van der Waals surface area contributed by atoms with Gasteiger partial charge in [0.15, 0.2) is 5.78 Å². The van der Waals surface area contributed by atoms with Gasteiger partial charge in [-0.1, -0.05) is 17.7 Å². The van der Waals surface area contributed by atoms with Crippen LogP contribution in [0.25, 0.3) is 16.9 Å². The number of nitrogens with two attached hydrogens (primary N) is 2. The minimum Gasteiger partial charge on any atom is -0.510 e. The van der Waals surface area contributed by atoms with Gasteiger partial charge < -0.3 is 37.0 Å². The monoisotopic (exact) mass is 623 g/mol. The highest BCUT2D eigenvalue weighted by atomic mass is 35.5. The Balaban J connectivity index is 1.75. The number of benzene rings is 2. The number of fused-ring (bicyclic) bond motifs is 3. The lowest BCUT2D eigenvalue weighted by Crippen LogP contribution is -2.62. The molecule has 0 heterocycles. The van der Waals surface area contributed by atoms with E-state index in [0.717, 1.165) is 12.1 Å². The highest BCUT2D eigenvalue weighted by Gasteiger charge is 2.62. The van der Waals surface area contributed by atoms with Gasteiger partial charge in [-0.25, -0.2) is 0 Å². The molecule has 3 aliphatic rings. The Hall–Kier alpha value is -3.62. The van der Waals surface area contributed by atoms with Crippen molar-refractivity contribution in [3.8, 4) is 16.9 Å². The number of hydrogen-bond acceptors (Lipinski definition) is 9. The van der Waals surface area contributed by atoms with Gasteiger partial charge in [-0.15, -0.1) is 0 Å². The number of aliphatic hydroxyl groups excluding tert-OH is 2. The summed E-state index contributed by atoms with van der Waals surface area (Å²) >= 11 is 5.83. The minimum absolute atomic E-state index is 0.0235. The molecule has 0 saturated heterocycles. The standard InChI is InChI=1S/C29H29ClF3N3O7/c1-36(2)22-15-6-11-5-14-13(10-3-4-17(30)16(8-10)29(31,32)33)7-12(9-34)23(37)19(14)24(38)18(11)25(39)20(15)28(42,43)21(26(22)40)27(35)41/h3-4,7-8,11,15,20,22,37-38,40,42-43H,5-6,9,34H2,1-2H3,(H2,35,41)/t11?,15?,20?,22-/m0/s1. The second-order valence-corrected chi connectivity index (χ2v) is 11.8. The van der Waals surface area contributed by atoms with E-state index in [-0.39, 0.29) is 52.8 Å². The van der Waals surface area contributed by atoms with Crippen LogP contribution in [0.2, 0.25) is 5.02 Å². The van der Waals surface area contributed by atoms with Gasteiger partial charge >= 0.3 is 6.18 Å². The largest absolute Gasteiger partial charge is 0.510 e. The molecule has 3 unspecified atom stereocenters. The summed E-state index contributed by atoms with van der Waals surface area (Å²) in [5.74, 6) is -10.9. The summed E-state index contributed by atoms with van der Waals surface area (Å²) < 4.78 is 41.2. The Morgan fingerprint density at radius 1 is 1.16 bits per heavy atom. The number of likely N-dealkylation sites (N-methyl/N-ethyl adjacent to an activating group) is 1. The molecule has 0 spiro atoms. The third kappa shape index (κ3) is 4.57. The minimum atomic E-state index is -4.77. The van der Waals surface area contributed by atoms with Gasteiger partial charge in [0.05, 0.1) is 28.1 Å². The van der Waals surface area contributed by atoms with Crippen molar-refractivity contribution in [1.82, 2.24) is 4.90 Å². The van der Waals surface area contributed by atoms with E-state index in [1.165, 1.54) is 17.0 Å². The number of alkyl halides is 3. The zero-order valence-corrected chi connectivity index (χ0v) is 23.7. The smallest absolute Gasteiger partial charge is 0.417 e. The highest BCUT2D eigenvalue weighted by Crippen LogP contribution is 2.55. The number of halogens is 4. The second kappa shape index (κ2) is 10.2. The van der Waals surface area contributed by atoms with Gasteiger partial charge in [0.1, 0.15) is 22.8 Å². The average Bonchev–Trinajstić information content (AvgIpc) is 2.87. The van der Waals surface area contributed by atoms with Crippen LogP contribution in [-0.2, 0) is 28.7 Å². The van der Waals surface area contributed by atoms with Gasteiger partial charge in [-0.2, -0.15) is 13.2 Å².